The molecule has 0 heterocycles. The summed E-state index contributed by atoms with van der Waals surface area (Å²) in [7, 11) is 0. The fourth-order valence-electron chi connectivity index (χ4n) is 1.91. The Morgan fingerprint density at radius 3 is 2.31 bits per heavy atom. The van der Waals surface area contributed by atoms with Crippen molar-refractivity contribution in [2.24, 2.45) is 11.3 Å². The molecule has 0 radical (unpaired) electrons. The molecule has 0 amide bonds. The predicted molar refractivity (Wildman–Crippen MR) is 65.2 cm³/mol. The molecule has 1 aliphatic rings. The van der Waals surface area contributed by atoms with E-state index in [1.54, 1.807) is 0 Å². The topological polar surface area (TPSA) is 38.3 Å². The first-order valence-electron chi connectivity index (χ1n) is 6.18. The molecule has 16 heavy (non-hydrogen) atoms. The molecule has 0 bridgehead atoms. The van der Waals surface area contributed by atoms with Gasteiger partial charge in [-0.2, -0.15) is 0 Å². The van der Waals surface area contributed by atoms with Crippen LogP contribution >= 0.6 is 0 Å². The summed E-state index contributed by atoms with van der Waals surface area (Å²) < 4.78 is 5.23. The zero-order chi connectivity index (χ0) is 12.4. The molecule has 94 valence electrons. The van der Waals surface area contributed by atoms with Crippen LogP contribution < -0.4 is 5.32 Å². The van der Waals surface area contributed by atoms with Crippen LogP contribution in [-0.2, 0) is 9.53 Å². The maximum Gasteiger partial charge on any atom is 0.320 e. The summed E-state index contributed by atoms with van der Waals surface area (Å²) in [4.78, 5) is 11.5. The van der Waals surface area contributed by atoms with Crippen molar-refractivity contribution >= 4 is 5.97 Å². The van der Waals surface area contributed by atoms with Gasteiger partial charge in [-0.3, -0.25) is 4.79 Å². The van der Waals surface area contributed by atoms with E-state index in [1.165, 1.54) is 12.8 Å². The Bertz CT molecular complexity index is 249. The normalized spacial score (nSPS) is 18.6. The largest absolute Gasteiger partial charge is 0.459 e. The Morgan fingerprint density at radius 1 is 1.38 bits per heavy atom. The highest BCUT2D eigenvalue weighted by Crippen LogP contribution is 2.51. The van der Waals surface area contributed by atoms with E-state index < -0.39 is 0 Å². The summed E-state index contributed by atoms with van der Waals surface area (Å²) in [6, 6.07) is 0. The van der Waals surface area contributed by atoms with Gasteiger partial charge in [0, 0.05) is 6.54 Å². The highest BCUT2D eigenvalue weighted by molar-refractivity contribution is 5.72. The summed E-state index contributed by atoms with van der Waals surface area (Å²) in [5.74, 6) is 0.533. The van der Waals surface area contributed by atoms with E-state index >= 15 is 0 Å². The molecular formula is C13H25NO2. The standard InChI is InChI=1S/C13H25NO2/c1-10(2)13(6-7-13)9-14-8-11(15)16-12(3,4)5/h10,14H,6-9H2,1-5H3. The zero-order valence-electron chi connectivity index (χ0n) is 11.2. The van der Waals surface area contributed by atoms with Crippen LogP contribution in [0.1, 0.15) is 47.5 Å². The smallest absolute Gasteiger partial charge is 0.320 e. The van der Waals surface area contributed by atoms with E-state index in [0.717, 1.165) is 6.54 Å². The number of carbonyl (C=O) groups excluding carboxylic acids is 1. The van der Waals surface area contributed by atoms with Gasteiger partial charge < -0.3 is 10.1 Å². The van der Waals surface area contributed by atoms with Gasteiger partial charge in [0.2, 0.25) is 0 Å². The molecule has 0 atom stereocenters. The Kier molecular flexibility index (Phi) is 4.00. The third-order valence-corrected chi connectivity index (χ3v) is 3.28. The van der Waals surface area contributed by atoms with E-state index in [1.807, 2.05) is 20.8 Å². The van der Waals surface area contributed by atoms with Crippen molar-refractivity contribution in [3.05, 3.63) is 0 Å². The summed E-state index contributed by atoms with van der Waals surface area (Å²) in [6.07, 6.45) is 2.57. The van der Waals surface area contributed by atoms with Crippen molar-refractivity contribution in [2.45, 2.75) is 53.1 Å². The van der Waals surface area contributed by atoms with Crippen LogP contribution in [0.4, 0.5) is 0 Å². The second-order valence-corrected chi connectivity index (χ2v) is 6.21. The minimum atomic E-state index is -0.381. The SMILES string of the molecule is CC(C)C1(CNCC(=O)OC(C)(C)C)CC1. The first-order valence-corrected chi connectivity index (χ1v) is 6.18. The fourth-order valence-corrected chi connectivity index (χ4v) is 1.91. The average Bonchev–Trinajstić information content (AvgIpc) is 2.81. The Labute approximate surface area is 98.9 Å². The number of hydrogen-bond acceptors (Lipinski definition) is 3. The Hall–Kier alpha value is -0.570. The lowest BCUT2D eigenvalue weighted by atomic mass is 9.92. The van der Waals surface area contributed by atoms with Crippen LogP contribution in [0.25, 0.3) is 0 Å². The first kappa shape index (κ1) is 13.5. The van der Waals surface area contributed by atoms with Crippen LogP contribution in [0.2, 0.25) is 0 Å². The number of rotatable bonds is 5. The number of ether oxygens (including phenoxy) is 1. The van der Waals surface area contributed by atoms with Crippen molar-refractivity contribution in [3.63, 3.8) is 0 Å². The third kappa shape index (κ3) is 4.12. The molecule has 0 aromatic heterocycles. The molecule has 1 N–H and O–H groups in total. The Morgan fingerprint density at radius 2 is 1.94 bits per heavy atom. The van der Waals surface area contributed by atoms with E-state index in [-0.39, 0.29) is 11.6 Å². The number of esters is 1. The molecule has 3 nitrogen and oxygen atoms in total. The van der Waals surface area contributed by atoms with Gasteiger partial charge in [-0.1, -0.05) is 13.8 Å². The highest BCUT2D eigenvalue weighted by Gasteiger charge is 2.44. The lowest BCUT2D eigenvalue weighted by Crippen LogP contribution is -2.35. The van der Waals surface area contributed by atoms with Crippen molar-refractivity contribution in [1.82, 2.24) is 5.32 Å². The van der Waals surface area contributed by atoms with Crippen LogP contribution in [0.5, 0.6) is 0 Å². The van der Waals surface area contributed by atoms with Crippen molar-refractivity contribution in [1.29, 1.82) is 0 Å². The number of carbonyl (C=O) groups is 1. The zero-order valence-corrected chi connectivity index (χ0v) is 11.2. The summed E-state index contributed by atoms with van der Waals surface area (Å²) >= 11 is 0. The van der Waals surface area contributed by atoms with Crippen LogP contribution in [0, 0.1) is 11.3 Å². The van der Waals surface area contributed by atoms with Crippen LogP contribution in [0.3, 0.4) is 0 Å². The molecule has 0 spiro atoms. The van der Waals surface area contributed by atoms with Gasteiger partial charge in [-0.15, -0.1) is 0 Å². The minimum Gasteiger partial charge on any atom is -0.459 e. The molecular weight excluding hydrogens is 202 g/mol. The molecule has 1 rings (SSSR count). The van der Waals surface area contributed by atoms with Gasteiger partial charge in [0.1, 0.15) is 5.60 Å². The van der Waals surface area contributed by atoms with Gasteiger partial charge in [0.15, 0.2) is 0 Å². The predicted octanol–water partition coefficient (Wildman–Crippen LogP) is 2.35. The van der Waals surface area contributed by atoms with Crippen LogP contribution in [-0.4, -0.2) is 24.7 Å². The van der Waals surface area contributed by atoms with Gasteiger partial charge in [0.25, 0.3) is 0 Å². The molecule has 1 saturated carbocycles. The number of hydrogen-bond donors (Lipinski definition) is 1. The molecule has 0 aromatic carbocycles. The monoisotopic (exact) mass is 227 g/mol. The van der Waals surface area contributed by atoms with E-state index in [2.05, 4.69) is 19.2 Å². The van der Waals surface area contributed by atoms with Crippen LogP contribution in [0.15, 0.2) is 0 Å². The van der Waals surface area contributed by atoms with E-state index in [9.17, 15) is 4.79 Å². The van der Waals surface area contributed by atoms with Gasteiger partial charge in [-0.25, -0.2) is 0 Å². The van der Waals surface area contributed by atoms with Gasteiger partial charge >= 0.3 is 5.97 Å². The fraction of sp³-hybridized carbons (Fsp3) is 0.923. The quantitative estimate of drug-likeness (QED) is 0.733. The summed E-state index contributed by atoms with van der Waals surface area (Å²) in [6.45, 7) is 11.4. The number of nitrogens with one attached hydrogen (secondary N) is 1. The van der Waals surface area contributed by atoms with Gasteiger partial charge in [-0.05, 0) is 44.9 Å². The third-order valence-electron chi connectivity index (χ3n) is 3.28. The minimum absolute atomic E-state index is 0.160. The van der Waals surface area contributed by atoms with E-state index in [0.29, 0.717) is 17.9 Å². The maximum absolute atomic E-state index is 11.5. The highest BCUT2D eigenvalue weighted by atomic mass is 16.6. The second-order valence-electron chi connectivity index (χ2n) is 6.21. The van der Waals surface area contributed by atoms with Crippen molar-refractivity contribution in [2.75, 3.05) is 13.1 Å². The lowest BCUT2D eigenvalue weighted by Gasteiger charge is -2.22. The second kappa shape index (κ2) is 4.74. The Balaban J connectivity index is 2.19. The lowest BCUT2D eigenvalue weighted by molar-refractivity contribution is -0.153. The first-order chi connectivity index (χ1) is 7.25. The summed E-state index contributed by atoms with van der Waals surface area (Å²) in [5.41, 5.74) is 0.0656. The van der Waals surface area contributed by atoms with Crippen molar-refractivity contribution in [3.8, 4) is 0 Å². The molecule has 1 aliphatic carbocycles. The molecule has 3 heteroatoms. The van der Waals surface area contributed by atoms with Gasteiger partial charge in [0.05, 0.1) is 6.54 Å². The molecule has 0 aromatic rings. The molecule has 0 aliphatic heterocycles. The molecule has 1 fully saturated rings. The van der Waals surface area contributed by atoms with Crippen molar-refractivity contribution < 1.29 is 9.53 Å². The molecule has 0 saturated heterocycles. The summed E-state index contributed by atoms with van der Waals surface area (Å²) in [5, 5.41) is 3.22. The average molecular weight is 227 g/mol. The maximum atomic E-state index is 11.5. The molecule has 0 unspecified atom stereocenters. The van der Waals surface area contributed by atoms with E-state index in [4.69, 9.17) is 4.74 Å².